The summed E-state index contributed by atoms with van der Waals surface area (Å²) < 4.78 is 0. The molecular formula is C8H17NO3. The van der Waals surface area contributed by atoms with E-state index in [-0.39, 0.29) is 12.3 Å². The molecule has 2 atom stereocenters. The van der Waals surface area contributed by atoms with E-state index >= 15 is 0 Å². The van der Waals surface area contributed by atoms with Crippen molar-refractivity contribution in [2.24, 2.45) is 0 Å². The fourth-order valence-electron chi connectivity index (χ4n) is 0.736. The van der Waals surface area contributed by atoms with Gasteiger partial charge in [-0.05, 0) is 13.3 Å². The van der Waals surface area contributed by atoms with Gasteiger partial charge in [0.25, 0.3) is 0 Å². The molecule has 12 heavy (non-hydrogen) atoms. The molecule has 0 radical (unpaired) electrons. The number of hydrogen-bond acceptors (Lipinski definition) is 3. The van der Waals surface area contributed by atoms with E-state index in [9.17, 15) is 4.79 Å². The standard InChI is InChI=1S/C8H17NO3/c1-6(10)7(11)4-5-8(12)9(2)3/h6-7,10-11H,4-5H2,1-3H3/t6-,7+/m0/s1. The van der Waals surface area contributed by atoms with Gasteiger partial charge in [-0.25, -0.2) is 0 Å². The van der Waals surface area contributed by atoms with Crippen molar-refractivity contribution in [2.45, 2.75) is 32.0 Å². The van der Waals surface area contributed by atoms with Crippen LogP contribution in [-0.4, -0.2) is 47.3 Å². The third-order valence-corrected chi connectivity index (χ3v) is 1.71. The van der Waals surface area contributed by atoms with E-state index in [4.69, 9.17) is 10.2 Å². The normalized spacial score (nSPS) is 15.4. The highest BCUT2D eigenvalue weighted by Crippen LogP contribution is 2.03. The second kappa shape index (κ2) is 5.11. The molecule has 0 unspecified atom stereocenters. The summed E-state index contributed by atoms with van der Waals surface area (Å²) in [5.74, 6) is -0.0327. The molecule has 0 aliphatic rings. The topological polar surface area (TPSA) is 60.8 Å². The molecule has 0 saturated heterocycles. The third-order valence-electron chi connectivity index (χ3n) is 1.71. The summed E-state index contributed by atoms with van der Waals surface area (Å²) in [4.78, 5) is 12.5. The molecule has 2 N–H and O–H groups in total. The Bertz CT molecular complexity index is 145. The maximum atomic E-state index is 11.0. The average Bonchev–Trinajstić information content (AvgIpc) is 1.98. The first-order chi connectivity index (χ1) is 5.45. The fourth-order valence-corrected chi connectivity index (χ4v) is 0.736. The van der Waals surface area contributed by atoms with E-state index in [0.29, 0.717) is 6.42 Å². The van der Waals surface area contributed by atoms with Gasteiger partial charge in [0.2, 0.25) is 5.91 Å². The van der Waals surface area contributed by atoms with Gasteiger partial charge in [-0.15, -0.1) is 0 Å². The van der Waals surface area contributed by atoms with Crippen LogP contribution in [0.5, 0.6) is 0 Å². The molecule has 0 aliphatic heterocycles. The van der Waals surface area contributed by atoms with Gasteiger partial charge < -0.3 is 15.1 Å². The van der Waals surface area contributed by atoms with Crippen molar-refractivity contribution in [3.8, 4) is 0 Å². The Morgan fingerprint density at radius 2 is 1.92 bits per heavy atom. The van der Waals surface area contributed by atoms with Crippen molar-refractivity contribution in [1.29, 1.82) is 0 Å². The van der Waals surface area contributed by atoms with Crippen molar-refractivity contribution in [3.05, 3.63) is 0 Å². The van der Waals surface area contributed by atoms with Crippen LogP contribution in [0, 0.1) is 0 Å². The van der Waals surface area contributed by atoms with Gasteiger partial charge in [0.05, 0.1) is 12.2 Å². The van der Waals surface area contributed by atoms with Gasteiger partial charge in [0.1, 0.15) is 0 Å². The third kappa shape index (κ3) is 4.31. The smallest absolute Gasteiger partial charge is 0.222 e. The summed E-state index contributed by atoms with van der Waals surface area (Å²) in [6.45, 7) is 1.50. The molecule has 0 spiro atoms. The molecule has 0 aromatic rings. The number of hydrogen-bond donors (Lipinski definition) is 2. The minimum atomic E-state index is -0.797. The summed E-state index contributed by atoms with van der Waals surface area (Å²) in [6, 6.07) is 0. The summed E-state index contributed by atoms with van der Waals surface area (Å²) in [5, 5.41) is 18.0. The van der Waals surface area contributed by atoms with E-state index in [1.165, 1.54) is 11.8 Å². The van der Waals surface area contributed by atoms with E-state index in [2.05, 4.69) is 0 Å². The number of carbonyl (C=O) groups excluding carboxylic acids is 1. The Morgan fingerprint density at radius 3 is 2.25 bits per heavy atom. The molecule has 0 rings (SSSR count). The molecule has 1 amide bonds. The van der Waals surface area contributed by atoms with E-state index in [0.717, 1.165) is 0 Å². The van der Waals surface area contributed by atoms with Crippen molar-refractivity contribution in [2.75, 3.05) is 14.1 Å². The molecule has 0 fully saturated rings. The predicted molar refractivity (Wildman–Crippen MR) is 45.6 cm³/mol. The van der Waals surface area contributed by atoms with Crippen molar-refractivity contribution < 1.29 is 15.0 Å². The zero-order chi connectivity index (χ0) is 9.72. The zero-order valence-corrected chi connectivity index (χ0v) is 7.82. The van der Waals surface area contributed by atoms with Gasteiger partial charge in [0.15, 0.2) is 0 Å². The minimum Gasteiger partial charge on any atom is -0.391 e. The maximum Gasteiger partial charge on any atom is 0.222 e. The lowest BCUT2D eigenvalue weighted by molar-refractivity contribution is -0.129. The number of nitrogens with zero attached hydrogens (tertiary/aromatic N) is 1. The molecule has 0 heterocycles. The first kappa shape index (κ1) is 11.4. The quantitative estimate of drug-likeness (QED) is 0.611. The summed E-state index contributed by atoms with van der Waals surface area (Å²) >= 11 is 0. The van der Waals surface area contributed by atoms with Crippen molar-refractivity contribution >= 4 is 5.91 Å². The number of aliphatic hydroxyl groups is 2. The first-order valence-electron chi connectivity index (χ1n) is 4.01. The lowest BCUT2D eigenvalue weighted by Gasteiger charge is -2.14. The van der Waals surface area contributed by atoms with Crippen molar-refractivity contribution in [1.82, 2.24) is 4.90 Å². The number of aliphatic hydroxyl groups excluding tert-OH is 2. The van der Waals surface area contributed by atoms with E-state index < -0.39 is 12.2 Å². The van der Waals surface area contributed by atoms with E-state index in [1.807, 2.05) is 0 Å². The van der Waals surface area contributed by atoms with Crippen LogP contribution < -0.4 is 0 Å². The number of rotatable bonds is 4. The Hall–Kier alpha value is -0.610. The van der Waals surface area contributed by atoms with E-state index in [1.54, 1.807) is 14.1 Å². The minimum absolute atomic E-state index is 0.0327. The molecular weight excluding hydrogens is 158 g/mol. The highest BCUT2D eigenvalue weighted by molar-refractivity contribution is 5.75. The summed E-state index contributed by atoms with van der Waals surface area (Å²) in [7, 11) is 3.33. The Balaban J connectivity index is 3.61. The highest BCUT2D eigenvalue weighted by Gasteiger charge is 2.13. The van der Waals surface area contributed by atoms with Crippen LogP contribution in [0.15, 0.2) is 0 Å². The molecule has 0 aliphatic carbocycles. The molecule has 72 valence electrons. The Kier molecular flexibility index (Phi) is 4.85. The molecule has 0 aromatic heterocycles. The average molecular weight is 175 g/mol. The fraction of sp³-hybridized carbons (Fsp3) is 0.875. The van der Waals surface area contributed by atoms with Gasteiger partial charge in [-0.2, -0.15) is 0 Å². The molecule has 0 aromatic carbocycles. The lowest BCUT2D eigenvalue weighted by Crippen LogP contribution is -2.27. The first-order valence-corrected chi connectivity index (χ1v) is 4.01. The van der Waals surface area contributed by atoms with Crippen LogP contribution in [0.3, 0.4) is 0 Å². The molecule has 4 nitrogen and oxygen atoms in total. The van der Waals surface area contributed by atoms with Crippen LogP contribution in [0.4, 0.5) is 0 Å². The van der Waals surface area contributed by atoms with Crippen molar-refractivity contribution in [3.63, 3.8) is 0 Å². The predicted octanol–water partition coefficient (Wildman–Crippen LogP) is -0.404. The van der Waals surface area contributed by atoms with Crippen LogP contribution in [0.1, 0.15) is 19.8 Å². The summed E-state index contributed by atoms with van der Waals surface area (Å²) in [5.41, 5.74) is 0. The number of carbonyl (C=O) groups is 1. The van der Waals surface area contributed by atoms with Crippen LogP contribution >= 0.6 is 0 Å². The monoisotopic (exact) mass is 175 g/mol. The SMILES string of the molecule is C[C@H](O)[C@H](O)CCC(=O)N(C)C. The van der Waals surface area contributed by atoms with Gasteiger partial charge in [-0.1, -0.05) is 0 Å². The number of amides is 1. The lowest BCUT2D eigenvalue weighted by atomic mass is 10.1. The molecule has 0 bridgehead atoms. The zero-order valence-electron chi connectivity index (χ0n) is 7.82. The van der Waals surface area contributed by atoms with Gasteiger partial charge in [0, 0.05) is 20.5 Å². The molecule has 4 heteroatoms. The highest BCUT2D eigenvalue weighted by atomic mass is 16.3. The second-order valence-corrected chi connectivity index (χ2v) is 3.13. The van der Waals surface area contributed by atoms with Gasteiger partial charge >= 0.3 is 0 Å². The van der Waals surface area contributed by atoms with Crippen LogP contribution in [0.25, 0.3) is 0 Å². The Morgan fingerprint density at radius 1 is 1.42 bits per heavy atom. The van der Waals surface area contributed by atoms with Crippen LogP contribution in [0.2, 0.25) is 0 Å². The summed E-state index contributed by atoms with van der Waals surface area (Å²) in [6.07, 6.45) is -0.970. The van der Waals surface area contributed by atoms with Crippen LogP contribution in [-0.2, 0) is 4.79 Å². The Labute approximate surface area is 72.8 Å². The maximum absolute atomic E-state index is 11.0. The molecule has 0 saturated carbocycles. The van der Waals surface area contributed by atoms with Gasteiger partial charge in [-0.3, -0.25) is 4.79 Å². The largest absolute Gasteiger partial charge is 0.391 e. The second-order valence-electron chi connectivity index (χ2n) is 3.13.